The maximum atomic E-state index is 10.8. The lowest BCUT2D eigenvalue weighted by atomic mass is 9.92. The van der Waals surface area contributed by atoms with E-state index in [1.807, 2.05) is 0 Å². The second-order valence-corrected chi connectivity index (χ2v) is 5.10. The van der Waals surface area contributed by atoms with Crippen molar-refractivity contribution in [3.05, 3.63) is 10.1 Å². The fourth-order valence-corrected chi connectivity index (χ4v) is 2.71. The molecule has 1 aliphatic rings. The summed E-state index contributed by atoms with van der Waals surface area (Å²) in [4.78, 5) is 9.90. The van der Waals surface area contributed by atoms with Gasteiger partial charge in [0, 0.05) is 23.8 Å². The van der Waals surface area contributed by atoms with E-state index in [2.05, 4.69) is 0 Å². The standard InChI is InChI=1S/C6H12N2O5S/c7-5-2-1-4(8(9)10)3-6(5)14(11,12)13/h4-6H,1-3,7H2,(H,11,12,13). The van der Waals surface area contributed by atoms with Crippen LogP contribution in [0.4, 0.5) is 0 Å². The zero-order chi connectivity index (χ0) is 10.9. The number of nitrogens with two attached hydrogens (primary N) is 1. The monoisotopic (exact) mass is 224 g/mol. The van der Waals surface area contributed by atoms with E-state index in [9.17, 15) is 18.5 Å². The number of rotatable bonds is 2. The van der Waals surface area contributed by atoms with Gasteiger partial charge in [0.25, 0.3) is 10.1 Å². The Morgan fingerprint density at radius 2 is 2.00 bits per heavy atom. The Morgan fingerprint density at radius 1 is 1.43 bits per heavy atom. The van der Waals surface area contributed by atoms with Gasteiger partial charge in [0.1, 0.15) is 5.25 Å². The molecule has 3 N–H and O–H groups in total. The van der Waals surface area contributed by atoms with Crippen LogP contribution in [0.25, 0.3) is 0 Å². The SMILES string of the molecule is NC1CCC([N+](=O)[O-])CC1S(=O)(=O)O. The van der Waals surface area contributed by atoms with Crippen LogP contribution in [0.15, 0.2) is 0 Å². The number of nitro groups is 1. The topological polar surface area (TPSA) is 124 Å². The average Bonchev–Trinajstić information content (AvgIpc) is 2.02. The zero-order valence-electron chi connectivity index (χ0n) is 7.37. The van der Waals surface area contributed by atoms with E-state index in [0.717, 1.165) is 0 Å². The van der Waals surface area contributed by atoms with Crippen LogP contribution in [-0.2, 0) is 10.1 Å². The van der Waals surface area contributed by atoms with Gasteiger partial charge in [-0.1, -0.05) is 0 Å². The Labute approximate surface area is 81.2 Å². The average molecular weight is 224 g/mol. The summed E-state index contributed by atoms with van der Waals surface area (Å²) in [6.45, 7) is 0. The van der Waals surface area contributed by atoms with Crippen LogP contribution >= 0.6 is 0 Å². The largest absolute Gasteiger partial charge is 0.326 e. The first-order chi connectivity index (χ1) is 6.32. The predicted molar refractivity (Wildman–Crippen MR) is 47.9 cm³/mol. The Hall–Kier alpha value is -0.730. The molecule has 0 radical (unpaired) electrons. The first kappa shape index (κ1) is 11.3. The van der Waals surface area contributed by atoms with Crippen LogP contribution in [0.2, 0.25) is 0 Å². The Bertz CT molecular complexity index is 327. The summed E-state index contributed by atoms with van der Waals surface area (Å²) in [5.74, 6) is 0. The summed E-state index contributed by atoms with van der Waals surface area (Å²) in [7, 11) is -4.27. The van der Waals surface area contributed by atoms with Gasteiger partial charge >= 0.3 is 0 Å². The molecule has 1 saturated carbocycles. The van der Waals surface area contributed by atoms with Gasteiger partial charge in [-0.15, -0.1) is 0 Å². The van der Waals surface area contributed by atoms with Gasteiger partial charge in [-0.25, -0.2) is 0 Å². The van der Waals surface area contributed by atoms with E-state index in [-0.39, 0.29) is 19.3 Å². The fraction of sp³-hybridized carbons (Fsp3) is 1.00. The van der Waals surface area contributed by atoms with Crippen LogP contribution in [0.3, 0.4) is 0 Å². The highest BCUT2D eigenvalue weighted by atomic mass is 32.2. The zero-order valence-corrected chi connectivity index (χ0v) is 8.18. The molecule has 82 valence electrons. The molecule has 7 nitrogen and oxygen atoms in total. The van der Waals surface area contributed by atoms with Crippen molar-refractivity contribution in [2.45, 2.75) is 36.6 Å². The molecule has 0 aromatic rings. The molecule has 0 aromatic carbocycles. The summed E-state index contributed by atoms with van der Waals surface area (Å²) in [5, 5.41) is 9.22. The maximum Gasteiger partial charge on any atom is 0.269 e. The highest BCUT2D eigenvalue weighted by molar-refractivity contribution is 7.86. The highest BCUT2D eigenvalue weighted by Crippen LogP contribution is 2.24. The van der Waals surface area contributed by atoms with Gasteiger partial charge in [-0.05, 0) is 6.42 Å². The van der Waals surface area contributed by atoms with Crippen molar-refractivity contribution in [3.8, 4) is 0 Å². The molecule has 8 heteroatoms. The van der Waals surface area contributed by atoms with E-state index < -0.39 is 32.4 Å². The molecule has 0 heterocycles. The van der Waals surface area contributed by atoms with E-state index >= 15 is 0 Å². The van der Waals surface area contributed by atoms with Gasteiger partial charge in [0.15, 0.2) is 0 Å². The molecule has 0 spiro atoms. The van der Waals surface area contributed by atoms with Crippen molar-refractivity contribution in [1.29, 1.82) is 0 Å². The molecule has 0 saturated heterocycles. The lowest BCUT2D eigenvalue weighted by Gasteiger charge is -2.27. The van der Waals surface area contributed by atoms with Gasteiger partial charge in [0.05, 0.1) is 0 Å². The van der Waals surface area contributed by atoms with Crippen molar-refractivity contribution in [3.63, 3.8) is 0 Å². The van der Waals surface area contributed by atoms with Crippen molar-refractivity contribution in [1.82, 2.24) is 0 Å². The molecule has 14 heavy (non-hydrogen) atoms. The van der Waals surface area contributed by atoms with Crippen LogP contribution in [0.1, 0.15) is 19.3 Å². The fourth-order valence-electron chi connectivity index (χ4n) is 1.67. The van der Waals surface area contributed by atoms with Gasteiger partial charge in [0.2, 0.25) is 6.04 Å². The van der Waals surface area contributed by atoms with Crippen LogP contribution in [-0.4, -0.2) is 35.2 Å². The highest BCUT2D eigenvalue weighted by Gasteiger charge is 2.40. The summed E-state index contributed by atoms with van der Waals surface area (Å²) < 4.78 is 30.4. The third-order valence-corrected chi connectivity index (χ3v) is 3.80. The molecule has 1 rings (SSSR count). The van der Waals surface area contributed by atoms with Crippen molar-refractivity contribution < 1.29 is 17.9 Å². The Morgan fingerprint density at radius 3 is 2.43 bits per heavy atom. The molecular formula is C6H12N2O5S. The summed E-state index contributed by atoms with van der Waals surface area (Å²) in [5.41, 5.74) is 5.47. The van der Waals surface area contributed by atoms with E-state index in [0.29, 0.717) is 0 Å². The lowest BCUT2D eigenvalue weighted by Crippen LogP contribution is -2.48. The second kappa shape index (κ2) is 3.79. The van der Waals surface area contributed by atoms with E-state index in [1.54, 1.807) is 0 Å². The molecule has 3 unspecified atom stereocenters. The summed E-state index contributed by atoms with van der Waals surface area (Å²) >= 11 is 0. The minimum atomic E-state index is -4.27. The number of hydrogen-bond acceptors (Lipinski definition) is 5. The Balaban J connectivity index is 2.80. The third kappa shape index (κ3) is 2.40. The van der Waals surface area contributed by atoms with E-state index in [1.165, 1.54) is 0 Å². The van der Waals surface area contributed by atoms with Gasteiger partial charge < -0.3 is 5.73 Å². The number of nitrogens with zero attached hydrogens (tertiary/aromatic N) is 1. The normalized spacial score (nSPS) is 34.0. The van der Waals surface area contributed by atoms with E-state index in [4.69, 9.17) is 10.3 Å². The third-order valence-electron chi connectivity index (χ3n) is 2.50. The minimum Gasteiger partial charge on any atom is -0.326 e. The maximum absolute atomic E-state index is 10.8. The molecule has 3 atom stereocenters. The number of hydrogen-bond donors (Lipinski definition) is 2. The van der Waals surface area contributed by atoms with Crippen LogP contribution < -0.4 is 5.73 Å². The first-order valence-corrected chi connectivity index (χ1v) is 5.68. The van der Waals surface area contributed by atoms with Crippen molar-refractivity contribution in [2.75, 3.05) is 0 Å². The van der Waals surface area contributed by atoms with Gasteiger partial charge in [-0.3, -0.25) is 14.7 Å². The Kier molecular flexibility index (Phi) is 3.07. The van der Waals surface area contributed by atoms with Crippen molar-refractivity contribution >= 4 is 10.1 Å². The second-order valence-electron chi connectivity index (χ2n) is 3.47. The molecule has 0 aromatic heterocycles. The predicted octanol–water partition coefficient (Wildman–Crippen LogP) is -0.601. The summed E-state index contributed by atoms with van der Waals surface area (Å²) in [6, 6.07) is -1.62. The molecule has 0 amide bonds. The van der Waals surface area contributed by atoms with Crippen molar-refractivity contribution in [2.24, 2.45) is 5.73 Å². The lowest BCUT2D eigenvalue weighted by molar-refractivity contribution is -0.526. The van der Waals surface area contributed by atoms with Crippen LogP contribution in [0, 0.1) is 10.1 Å². The molecule has 0 aliphatic heterocycles. The molecular weight excluding hydrogens is 212 g/mol. The molecule has 0 bridgehead atoms. The van der Waals surface area contributed by atoms with Gasteiger partial charge in [-0.2, -0.15) is 8.42 Å². The smallest absolute Gasteiger partial charge is 0.269 e. The molecule has 1 aliphatic carbocycles. The quantitative estimate of drug-likeness (QED) is 0.366. The molecule has 1 fully saturated rings. The van der Waals surface area contributed by atoms with Crippen LogP contribution in [0.5, 0.6) is 0 Å². The first-order valence-electron chi connectivity index (χ1n) is 4.17. The minimum absolute atomic E-state index is 0.201. The summed E-state index contributed by atoms with van der Waals surface area (Å²) in [6.07, 6.45) is 0.309.